The van der Waals surface area contributed by atoms with Crippen LogP contribution >= 0.6 is 0 Å². The van der Waals surface area contributed by atoms with Gasteiger partial charge >= 0.3 is 0 Å². The molecule has 0 saturated carbocycles. The Morgan fingerprint density at radius 1 is 1.73 bits per heavy atom. The highest BCUT2D eigenvalue weighted by molar-refractivity contribution is 5.26. The average molecular weight is 153 g/mol. The molecule has 0 fully saturated rings. The van der Waals surface area contributed by atoms with Gasteiger partial charge in [-0.25, -0.2) is 4.68 Å². The van der Waals surface area contributed by atoms with Crippen LogP contribution in [0.3, 0.4) is 0 Å². The third-order valence-electron chi connectivity index (χ3n) is 1.82. The van der Waals surface area contributed by atoms with Crippen LogP contribution in [-0.2, 0) is 0 Å². The molecule has 0 saturated heterocycles. The molecule has 0 aliphatic rings. The number of rotatable bonds is 3. The Kier molecular flexibility index (Phi) is 2.52. The van der Waals surface area contributed by atoms with Crippen LogP contribution in [0.5, 0.6) is 0 Å². The molecule has 62 valence electrons. The number of nitrogens with zero attached hydrogens (tertiary/aromatic N) is 2. The van der Waals surface area contributed by atoms with Gasteiger partial charge in [-0.3, -0.25) is 0 Å². The minimum Gasteiger partial charge on any atom is -0.384 e. The Balaban J connectivity index is 2.67. The van der Waals surface area contributed by atoms with Crippen LogP contribution in [0.15, 0.2) is 12.3 Å². The zero-order chi connectivity index (χ0) is 8.27. The van der Waals surface area contributed by atoms with Crippen molar-refractivity contribution in [2.45, 2.75) is 32.7 Å². The molecular weight excluding hydrogens is 138 g/mol. The van der Waals surface area contributed by atoms with Crippen molar-refractivity contribution in [2.24, 2.45) is 0 Å². The van der Waals surface area contributed by atoms with Gasteiger partial charge in [0.1, 0.15) is 5.82 Å². The van der Waals surface area contributed by atoms with E-state index in [-0.39, 0.29) is 0 Å². The molecule has 0 aliphatic carbocycles. The van der Waals surface area contributed by atoms with E-state index in [2.05, 4.69) is 18.9 Å². The molecule has 0 aliphatic heterocycles. The lowest BCUT2D eigenvalue weighted by Crippen LogP contribution is -2.09. The van der Waals surface area contributed by atoms with E-state index in [1.54, 1.807) is 6.20 Å². The standard InChI is InChI=1S/C8H15N3/c1-3-4-7(2)11-8(9)5-6-10-11/h5-7H,3-4,9H2,1-2H3/t7-/m0/s1. The zero-order valence-corrected chi connectivity index (χ0v) is 7.12. The van der Waals surface area contributed by atoms with Crippen LogP contribution in [-0.4, -0.2) is 9.78 Å². The van der Waals surface area contributed by atoms with Gasteiger partial charge in [0, 0.05) is 0 Å². The molecule has 0 spiro atoms. The Morgan fingerprint density at radius 3 is 2.91 bits per heavy atom. The van der Waals surface area contributed by atoms with Crippen molar-refractivity contribution >= 4 is 5.82 Å². The summed E-state index contributed by atoms with van der Waals surface area (Å²) in [4.78, 5) is 0. The molecule has 3 heteroatoms. The molecular formula is C8H15N3. The maximum absolute atomic E-state index is 5.67. The molecule has 3 nitrogen and oxygen atoms in total. The molecule has 0 amide bonds. The Labute approximate surface area is 67.2 Å². The van der Waals surface area contributed by atoms with Crippen LogP contribution < -0.4 is 5.73 Å². The van der Waals surface area contributed by atoms with Gasteiger partial charge in [-0.15, -0.1) is 0 Å². The van der Waals surface area contributed by atoms with Gasteiger partial charge in [0.05, 0.1) is 12.2 Å². The predicted octanol–water partition coefficient (Wildman–Crippen LogP) is 1.83. The van der Waals surface area contributed by atoms with Crippen molar-refractivity contribution in [3.05, 3.63) is 12.3 Å². The van der Waals surface area contributed by atoms with E-state index >= 15 is 0 Å². The topological polar surface area (TPSA) is 43.8 Å². The number of nitrogens with two attached hydrogens (primary N) is 1. The van der Waals surface area contributed by atoms with E-state index < -0.39 is 0 Å². The normalized spacial score (nSPS) is 13.3. The summed E-state index contributed by atoms with van der Waals surface area (Å²) in [6, 6.07) is 2.25. The maximum Gasteiger partial charge on any atom is 0.121 e. The number of anilines is 1. The minimum absolute atomic E-state index is 0.426. The molecule has 1 aromatic heterocycles. The smallest absolute Gasteiger partial charge is 0.121 e. The number of hydrogen-bond acceptors (Lipinski definition) is 2. The van der Waals surface area contributed by atoms with Crippen LogP contribution in [0.25, 0.3) is 0 Å². The summed E-state index contributed by atoms with van der Waals surface area (Å²) in [6.07, 6.45) is 4.04. The highest BCUT2D eigenvalue weighted by Crippen LogP contribution is 2.14. The fourth-order valence-corrected chi connectivity index (χ4v) is 1.23. The van der Waals surface area contributed by atoms with Crippen molar-refractivity contribution in [3.8, 4) is 0 Å². The number of aromatic nitrogens is 2. The van der Waals surface area contributed by atoms with Crippen LogP contribution in [0.4, 0.5) is 5.82 Å². The van der Waals surface area contributed by atoms with Gasteiger partial charge in [-0.05, 0) is 19.4 Å². The summed E-state index contributed by atoms with van der Waals surface area (Å²) < 4.78 is 1.86. The largest absolute Gasteiger partial charge is 0.384 e. The summed E-state index contributed by atoms with van der Waals surface area (Å²) in [5.41, 5.74) is 5.67. The van der Waals surface area contributed by atoms with Crippen molar-refractivity contribution in [2.75, 3.05) is 5.73 Å². The van der Waals surface area contributed by atoms with Gasteiger partial charge < -0.3 is 5.73 Å². The summed E-state index contributed by atoms with van der Waals surface area (Å²) in [6.45, 7) is 4.29. The quantitative estimate of drug-likeness (QED) is 0.719. The van der Waals surface area contributed by atoms with E-state index in [1.165, 1.54) is 6.42 Å². The lowest BCUT2D eigenvalue weighted by Gasteiger charge is -2.11. The third kappa shape index (κ3) is 1.73. The second-order valence-corrected chi connectivity index (χ2v) is 2.84. The van der Waals surface area contributed by atoms with Gasteiger partial charge in [-0.2, -0.15) is 5.10 Å². The second-order valence-electron chi connectivity index (χ2n) is 2.84. The summed E-state index contributed by atoms with van der Waals surface area (Å²) in [7, 11) is 0. The molecule has 0 radical (unpaired) electrons. The lowest BCUT2D eigenvalue weighted by atomic mass is 10.2. The minimum atomic E-state index is 0.426. The first-order valence-electron chi connectivity index (χ1n) is 4.04. The van der Waals surface area contributed by atoms with E-state index in [1.807, 2.05) is 10.7 Å². The highest BCUT2D eigenvalue weighted by Gasteiger charge is 2.05. The molecule has 1 atom stereocenters. The van der Waals surface area contributed by atoms with Gasteiger partial charge in [0.2, 0.25) is 0 Å². The second kappa shape index (κ2) is 3.42. The summed E-state index contributed by atoms with van der Waals surface area (Å²) in [5, 5.41) is 4.13. The first-order chi connectivity index (χ1) is 5.25. The van der Waals surface area contributed by atoms with E-state index in [0.29, 0.717) is 6.04 Å². The summed E-state index contributed by atoms with van der Waals surface area (Å²) >= 11 is 0. The summed E-state index contributed by atoms with van der Waals surface area (Å²) in [5.74, 6) is 0.756. The Hall–Kier alpha value is -0.990. The molecule has 2 N–H and O–H groups in total. The predicted molar refractivity (Wildman–Crippen MR) is 46.3 cm³/mol. The highest BCUT2D eigenvalue weighted by atomic mass is 15.3. The van der Waals surface area contributed by atoms with Crippen molar-refractivity contribution in [3.63, 3.8) is 0 Å². The number of hydrogen-bond donors (Lipinski definition) is 1. The first kappa shape index (κ1) is 8.11. The number of nitrogen functional groups attached to an aromatic ring is 1. The van der Waals surface area contributed by atoms with Gasteiger partial charge in [0.25, 0.3) is 0 Å². The van der Waals surface area contributed by atoms with E-state index in [4.69, 9.17) is 5.73 Å². The van der Waals surface area contributed by atoms with Crippen molar-refractivity contribution < 1.29 is 0 Å². The molecule has 1 rings (SSSR count). The van der Waals surface area contributed by atoms with E-state index in [0.717, 1.165) is 12.2 Å². The van der Waals surface area contributed by atoms with Crippen LogP contribution in [0, 0.1) is 0 Å². The Bertz CT molecular complexity index is 217. The first-order valence-corrected chi connectivity index (χ1v) is 4.04. The molecule has 0 bridgehead atoms. The molecule has 1 aromatic rings. The molecule has 0 unspecified atom stereocenters. The van der Waals surface area contributed by atoms with E-state index in [9.17, 15) is 0 Å². The van der Waals surface area contributed by atoms with Crippen LogP contribution in [0.2, 0.25) is 0 Å². The molecule has 0 aromatic carbocycles. The van der Waals surface area contributed by atoms with Crippen molar-refractivity contribution in [1.29, 1.82) is 0 Å². The SMILES string of the molecule is CCC[C@H](C)n1nccc1N. The van der Waals surface area contributed by atoms with Crippen LogP contribution in [0.1, 0.15) is 32.7 Å². The fraction of sp³-hybridized carbons (Fsp3) is 0.625. The fourth-order valence-electron chi connectivity index (χ4n) is 1.23. The molecule has 1 heterocycles. The maximum atomic E-state index is 5.67. The third-order valence-corrected chi connectivity index (χ3v) is 1.82. The van der Waals surface area contributed by atoms with Crippen molar-refractivity contribution in [1.82, 2.24) is 9.78 Å². The van der Waals surface area contributed by atoms with Gasteiger partial charge in [0.15, 0.2) is 0 Å². The molecule has 11 heavy (non-hydrogen) atoms. The lowest BCUT2D eigenvalue weighted by molar-refractivity contribution is 0.461. The van der Waals surface area contributed by atoms with Gasteiger partial charge in [-0.1, -0.05) is 13.3 Å². The average Bonchev–Trinajstić information content (AvgIpc) is 2.36. The Morgan fingerprint density at radius 2 is 2.45 bits per heavy atom. The monoisotopic (exact) mass is 153 g/mol. The zero-order valence-electron chi connectivity index (χ0n) is 7.12.